The lowest BCUT2D eigenvalue weighted by molar-refractivity contribution is -0.133. The van der Waals surface area contributed by atoms with Gasteiger partial charge in [0.2, 0.25) is 17.6 Å². The van der Waals surface area contributed by atoms with E-state index in [0.29, 0.717) is 35.7 Å². The predicted octanol–water partition coefficient (Wildman–Crippen LogP) is 1.86. The number of hydrogen-bond donors (Lipinski definition) is 1. The molecule has 1 spiro atoms. The largest absolute Gasteiger partial charge is 0.461 e. The van der Waals surface area contributed by atoms with E-state index in [1.54, 1.807) is 18.4 Å². The van der Waals surface area contributed by atoms with Crippen LogP contribution in [0.2, 0.25) is 0 Å². The van der Waals surface area contributed by atoms with Crippen molar-refractivity contribution in [3.8, 4) is 11.6 Å². The molecule has 2 saturated heterocycles. The molecule has 2 fully saturated rings. The molecule has 24 heavy (non-hydrogen) atoms. The van der Waals surface area contributed by atoms with Gasteiger partial charge in [0.1, 0.15) is 0 Å². The first-order valence-corrected chi connectivity index (χ1v) is 8.59. The van der Waals surface area contributed by atoms with Gasteiger partial charge in [-0.2, -0.15) is 4.98 Å². The maximum absolute atomic E-state index is 12.4. The molecule has 0 bridgehead atoms. The fourth-order valence-electron chi connectivity index (χ4n) is 3.69. The smallest absolute Gasteiger partial charge is 0.238 e. The Morgan fingerprint density at radius 3 is 2.92 bits per heavy atom. The molecule has 7 nitrogen and oxygen atoms in total. The number of nitrogens with one attached hydrogen (secondary N) is 1. The zero-order valence-electron chi connectivity index (χ0n) is 13.7. The van der Waals surface area contributed by atoms with E-state index < -0.39 is 0 Å². The van der Waals surface area contributed by atoms with Crippen LogP contribution in [-0.4, -0.2) is 47.1 Å². The van der Waals surface area contributed by atoms with Crippen LogP contribution in [0.25, 0.3) is 11.6 Å². The van der Waals surface area contributed by atoms with E-state index in [9.17, 15) is 4.79 Å². The second kappa shape index (κ2) is 6.39. The number of carbonyl (C=O) groups is 1. The molecule has 0 unspecified atom stereocenters. The third kappa shape index (κ3) is 3.08. The molecule has 2 aliphatic rings. The fraction of sp³-hybridized carbons (Fsp3) is 0.588. The van der Waals surface area contributed by atoms with Crippen LogP contribution in [0.4, 0.5) is 0 Å². The lowest BCUT2D eigenvalue weighted by atomic mass is 9.78. The third-order valence-electron chi connectivity index (χ3n) is 5.27. The highest BCUT2D eigenvalue weighted by Crippen LogP contribution is 2.37. The Hall–Kier alpha value is -2.15. The molecule has 7 heteroatoms. The van der Waals surface area contributed by atoms with Gasteiger partial charge in [0.15, 0.2) is 5.76 Å². The molecule has 0 radical (unpaired) electrons. The van der Waals surface area contributed by atoms with E-state index in [1.807, 2.05) is 4.90 Å². The fourth-order valence-corrected chi connectivity index (χ4v) is 3.69. The molecular weight excluding hydrogens is 308 g/mol. The van der Waals surface area contributed by atoms with E-state index in [0.717, 1.165) is 39.0 Å². The molecular formula is C17H22N4O3. The zero-order chi connectivity index (χ0) is 16.4. The van der Waals surface area contributed by atoms with Gasteiger partial charge in [-0.05, 0) is 43.4 Å². The summed E-state index contributed by atoms with van der Waals surface area (Å²) in [5.74, 6) is 1.65. The first-order valence-electron chi connectivity index (χ1n) is 8.59. The Labute approximate surface area is 140 Å². The molecule has 2 aromatic rings. The summed E-state index contributed by atoms with van der Waals surface area (Å²) in [4.78, 5) is 18.7. The first kappa shape index (κ1) is 15.4. The van der Waals surface area contributed by atoms with E-state index in [1.165, 1.54) is 6.42 Å². The summed E-state index contributed by atoms with van der Waals surface area (Å²) in [6.07, 6.45) is 5.90. The summed E-state index contributed by atoms with van der Waals surface area (Å²) in [5.41, 5.74) is 0.432. The van der Waals surface area contributed by atoms with Crippen molar-refractivity contribution in [2.75, 3.05) is 26.2 Å². The standard InChI is InChI=1S/C17H22N4O3/c22-15(21-9-6-17(7-10-21)5-8-18-12-17)4-3-14-19-16(20-24-14)13-2-1-11-23-13/h1-2,11,18H,3-10,12H2. The van der Waals surface area contributed by atoms with Gasteiger partial charge in [-0.3, -0.25) is 4.79 Å². The van der Waals surface area contributed by atoms with Gasteiger partial charge in [0.05, 0.1) is 6.26 Å². The van der Waals surface area contributed by atoms with Crippen molar-refractivity contribution in [2.45, 2.75) is 32.1 Å². The SMILES string of the molecule is O=C(CCc1nc(-c2ccco2)no1)N1CCC2(CCNC2)CC1. The van der Waals surface area contributed by atoms with Crippen molar-refractivity contribution < 1.29 is 13.7 Å². The van der Waals surface area contributed by atoms with Crippen LogP contribution < -0.4 is 5.32 Å². The van der Waals surface area contributed by atoms with E-state index in [2.05, 4.69) is 15.5 Å². The van der Waals surface area contributed by atoms with Crippen LogP contribution >= 0.6 is 0 Å². The number of amides is 1. The van der Waals surface area contributed by atoms with Crippen LogP contribution in [-0.2, 0) is 11.2 Å². The van der Waals surface area contributed by atoms with Crippen molar-refractivity contribution in [2.24, 2.45) is 5.41 Å². The van der Waals surface area contributed by atoms with Gasteiger partial charge in [0, 0.05) is 32.5 Å². The maximum Gasteiger partial charge on any atom is 0.238 e. The molecule has 2 aliphatic heterocycles. The molecule has 4 heterocycles. The second-order valence-corrected chi connectivity index (χ2v) is 6.80. The number of carbonyl (C=O) groups excluding carboxylic acids is 1. The Bertz CT molecular complexity index is 679. The van der Waals surface area contributed by atoms with Gasteiger partial charge in [-0.25, -0.2) is 0 Å². The number of hydrogen-bond acceptors (Lipinski definition) is 6. The molecule has 0 aliphatic carbocycles. The Kier molecular flexibility index (Phi) is 4.10. The number of likely N-dealkylation sites (tertiary alicyclic amines) is 1. The van der Waals surface area contributed by atoms with Crippen molar-refractivity contribution in [3.05, 3.63) is 24.3 Å². The summed E-state index contributed by atoms with van der Waals surface area (Å²) in [6.45, 7) is 3.94. The number of piperidine rings is 1. The summed E-state index contributed by atoms with van der Waals surface area (Å²) >= 11 is 0. The van der Waals surface area contributed by atoms with Gasteiger partial charge in [0.25, 0.3) is 0 Å². The van der Waals surface area contributed by atoms with E-state index in [-0.39, 0.29) is 5.91 Å². The van der Waals surface area contributed by atoms with Crippen LogP contribution in [0.1, 0.15) is 31.6 Å². The van der Waals surface area contributed by atoms with E-state index in [4.69, 9.17) is 8.94 Å². The van der Waals surface area contributed by atoms with Gasteiger partial charge in [-0.1, -0.05) is 5.16 Å². The summed E-state index contributed by atoms with van der Waals surface area (Å²) < 4.78 is 10.4. The van der Waals surface area contributed by atoms with Gasteiger partial charge < -0.3 is 19.2 Å². The normalized spacial score (nSPS) is 19.9. The van der Waals surface area contributed by atoms with Crippen molar-refractivity contribution in [3.63, 3.8) is 0 Å². The Morgan fingerprint density at radius 1 is 1.33 bits per heavy atom. The highest BCUT2D eigenvalue weighted by Gasteiger charge is 2.37. The monoisotopic (exact) mass is 330 g/mol. The highest BCUT2D eigenvalue weighted by atomic mass is 16.5. The number of aromatic nitrogens is 2. The quantitative estimate of drug-likeness (QED) is 0.921. The van der Waals surface area contributed by atoms with Crippen LogP contribution in [0.3, 0.4) is 0 Å². The predicted molar refractivity (Wildman–Crippen MR) is 86.1 cm³/mol. The minimum absolute atomic E-state index is 0.175. The average Bonchev–Trinajstić information content (AvgIpc) is 3.35. The van der Waals surface area contributed by atoms with Gasteiger partial charge >= 0.3 is 0 Å². The minimum Gasteiger partial charge on any atom is -0.461 e. The minimum atomic E-state index is 0.175. The average molecular weight is 330 g/mol. The Morgan fingerprint density at radius 2 is 2.21 bits per heavy atom. The van der Waals surface area contributed by atoms with Crippen LogP contribution in [0, 0.1) is 5.41 Å². The third-order valence-corrected chi connectivity index (χ3v) is 5.27. The molecule has 0 aromatic carbocycles. The summed E-state index contributed by atoms with van der Waals surface area (Å²) in [7, 11) is 0. The van der Waals surface area contributed by atoms with Crippen molar-refractivity contribution >= 4 is 5.91 Å². The molecule has 0 atom stereocenters. The van der Waals surface area contributed by atoms with Gasteiger partial charge in [-0.15, -0.1) is 0 Å². The molecule has 0 saturated carbocycles. The molecule has 1 N–H and O–H groups in total. The van der Waals surface area contributed by atoms with E-state index >= 15 is 0 Å². The summed E-state index contributed by atoms with van der Waals surface area (Å²) in [5, 5.41) is 7.33. The lowest BCUT2D eigenvalue weighted by Crippen LogP contribution is -2.44. The second-order valence-electron chi connectivity index (χ2n) is 6.80. The number of furan rings is 1. The summed E-state index contributed by atoms with van der Waals surface area (Å²) in [6, 6.07) is 3.55. The zero-order valence-corrected chi connectivity index (χ0v) is 13.7. The number of aryl methyl sites for hydroxylation is 1. The molecule has 2 aromatic heterocycles. The topological polar surface area (TPSA) is 84.4 Å². The number of rotatable bonds is 4. The maximum atomic E-state index is 12.4. The molecule has 128 valence electrons. The van der Waals surface area contributed by atoms with Crippen LogP contribution in [0.5, 0.6) is 0 Å². The van der Waals surface area contributed by atoms with Crippen molar-refractivity contribution in [1.82, 2.24) is 20.4 Å². The van der Waals surface area contributed by atoms with Crippen molar-refractivity contribution in [1.29, 1.82) is 0 Å². The number of nitrogens with zero attached hydrogens (tertiary/aromatic N) is 3. The molecule has 1 amide bonds. The highest BCUT2D eigenvalue weighted by molar-refractivity contribution is 5.76. The lowest BCUT2D eigenvalue weighted by Gasteiger charge is -2.38. The van der Waals surface area contributed by atoms with Crippen LogP contribution in [0.15, 0.2) is 27.3 Å². The Balaban J connectivity index is 1.28. The molecule has 4 rings (SSSR count). The first-order chi connectivity index (χ1) is 11.7.